The van der Waals surface area contributed by atoms with Crippen LogP contribution < -0.4 is 5.73 Å². The van der Waals surface area contributed by atoms with Crippen molar-refractivity contribution >= 4 is 12.3 Å². The van der Waals surface area contributed by atoms with Crippen molar-refractivity contribution in [1.29, 1.82) is 0 Å². The normalized spacial score (nSPS) is 44.1. The van der Waals surface area contributed by atoms with Crippen LogP contribution >= 0.6 is 0 Å². The molecular weight excluding hydrogens is 228 g/mol. The number of hydrogen-bond acceptors (Lipinski definition) is 8. The molecule has 2 unspecified atom stereocenters. The number of aliphatic hydroxyl groups is 3. The molecule has 0 radical (unpaired) electrons. The van der Waals surface area contributed by atoms with E-state index in [1.165, 1.54) is 0 Å². The van der Waals surface area contributed by atoms with Crippen LogP contribution in [0.4, 0.5) is 0 Å². The minimum Gasteiger partial charge on any atom is -0.394 e. The van der Waals surface area contributed by atoms with E-state index in [0.29, 0.717) is 0 Å². The van der Waals surface area contributed by atoms with E-state index in [1.807, 2.05) is 0 Å². The third-order valence-electron chi connectivity index (χ3n) is 2.42. The molecule has 1 saturated heterocycles. The molecule has 0 aliphatic carbocycles. The molecule has 0 aromatic heterocycles. The van der Waals surface area contributed by atoms with E-state index in [0.717, 1.165) is 4.90 Å². The van der Waals surface area contributed by atoms with E-state index >= 15 is 0 Å². The van der Waals surface area contributed by atoms with Gasteiger partial charge in [-0.25, -0.2) is 4.99 Å². The van der Waals surface area contributed by atoms with Crippen LogP contribution in [-0.4, -0.2) is 63.6 Å². The quantitative estimate of drug-likeness (QED) is 0.427. The van der Waals surface area contributed by atoms with Crippen LogP contribution in [0.25, 0.3) is 0 Å². The topological polar surface area (TPSA) is 124 Å². The highest BCUT2D eigenvalue weighted by molar-refractivity contribution is 5.89. The maximum absolute atomic E-state index is 9.96. The number of aliphatic hydroxyl groups excluding tert-OH is 2. The summed E-state index contributed by atoms with van der Waals surface area (Å²) in [6.07, 6.45) is -7.18. The second kappa shape index (κ2) is 4.41. The van der Waals surface area contributed by atoms with Crippen molar-refractivity contribution in [2.45, 2.75) is 24.5 Å². The van der Waals surface area contributed by atoms with Crippen LogP contribution in [0.3, 0.4) is 0 Å². The predicted octanol–water partition coefficient (Wildman–Crippen LogP) is -2.44. The molecule has 8 nitrogen and oxygen atoms in total. The van der Waals surface area contributed by atoms with Gasteiger partial charge in [-0.1, -0.05) is 6.58 Å². The first-order valence-electron chi connectivity index (χ1n) is 5.83. The molecule has 4 atom stereocenters. The first-order chi connectivity index (χ1) is 8.78. The van der Waals surface area contributed by atoms with E-state index in [1.54, 1.807) is 0 Å². The molecular formula is C9H14N4O4. The Balaban J connectivity index is 2.33. The van der Waals surface area contributed by atoms with Crippen molar-refractivity contribution in [2.24, 2.45) is 15.7 Å². The lowest BCUT2D eigenvalue weighted by Gasteiger charge is -2.29. The Morgan fingerprint density at radius 2 is 2.41 bits per heavy atom. The predicted molar refractivity (Wildman–Crippen MR) is 58.9 cm³/mol. The fourth-order valence-electron chi connectivity index (χ4n) is 1.54. The van der Waals surface area contributed by atoms with Crippen LogP contribution in [0.15, 0.2) is 22.4 Å². The molecule has 0 bridgehead atoms. The number of rotatable bonds is 2. The molecule has 5 N–H and O–H groups in total. The van der Waals surface area contributed by atoms with Crippen LogP contribution in [0, 0.1) is 0 Å². The Bertz CT molecular complexity index is 467. The molecule has 0 amide bonds. The number of aliphatic imine (C=N–C) groups is 2. The Hall–Kier alpha value is -1.48. The second-order valence-electron chi connectivity index (χ2n) is 3.55. The highest BCUT2D eigenvalue weighted by Crippen LogP contribution is 2.26. The van der Waals surface area contributed by atoms with Crippen LogP contribution in [-0.2, 0) is 4.74 Å². The zero-order valence-corrected chi connectivity index (χ0v) is 8.82. The third-order valence-corrected chi connectivity index (χ3v) is 2.42. The van der Waals surface area contributed by atoms with Gasteiger partial charge in [0.15, 0.2) is 6.23 Å². The monoisotopic (exact) mass is 244 g/mol. The highest BCUT2D eigenvalue weighted by Gasteiger charge is 2.45. The lowest BCUT2D eigenvalue weighted by atomic mass is 10.1. The van der Waals surface area contributed by atoms with Crippen LogP contribution in [0.5, 0.6) is 0 Å². The number of ether oxygens (including phenoxy) is 1. The molecule has 0 aromatic carbocycles. The Labute approximate surface area is 100 Å². The Kier molecular flexibility index (Phi) is 2.48. The van der Waals surface area contributed by atoms with Crippen LogP contribution in [0.2, 0.25) is 0 Å². The van der Waals surface area contributed by atoms with Crippen molar-refractivity contribution in [3.8, 4) is 0 Å². The summed E-state index contributed by atoms with van der Waals surface area (Å²) in [7, 11) is 0. The first-order valence-corrected chi connectivity index (χ1v) is 4.83. The smallest absolute Gasteiger partial charge is 0.223 e. The standard InChI is InChI=1S/C9H14N4O4/c1-4-12-9(10)11-3-13(4)8-7(16)6(15)5(2-14)17-8/h3,5-8,14-16H,1-2H2,(H2,10,12)/t5-,6?,7?,8-/m1/s1/i3D,7D. The summed E-state index contributed by atoms with van der Waals surface area (Å²) in [5, 5.41) is 28.7. The maximum atomic E-state index is 9.96. The van der Waals surface area contributed by atoms with E-state index in [-0.39, 0.29) is 11.8 Å². The molecule has 2 rings (SSSR count). The molecule has 1 fully saturated rings. The number of guanidine groups is 1. The minimum absolute atomic E-state index is 0.0565. The van der Waals surface area contributed by atoms with Gasteiger partial charge in [-0.15, -0.1) is 0 Å². The average molecular weight is 244 g/mol. The van der Waals surface area contributed by atoms with Gasteiger partial charge >= 0.3 is 0 Å². The summed E-state index contributed by atoms with van der Waals surface area (Å²) in [5.74, 6) is -0.240. The molecule has 0 aromatic rings. The lowest BCUT2D eigenvalue weighted by molar-refractivity contribution is -0.0607. The highest BCUT2D eigenvalue weighted by atomic mass is 16.6. The van der Waals surface area contributed by atoms with E-state index in [4.69, 9.17) is 18.3 Å². The third kappa shape index (κ3) is 2.03. The summed E-state index contributed by atoms with van der Waals surface area (Å²) in [6.45, 7) is 2.93. The lowest BCUT2D eigenvalue weighted by Crippen LogP contribution is -2.44. The number of nitrogens with two attached hydrogens (primary N) is 1. The molecule has 0 saturated carbocycles. The molecule has 2 aliphatic rings. The van der Waals surface area contributed by atoms with Crippen LogP contribution in [0.1, 0.15) is 2.74 Å². The van der Waals surface area contributed by atoms with Crippen molar-refractivity contribution in [3.05, 3.63) is 12.4 Å². The Morgan fingerprint density at radius 3 is 2.94 bits per heavy atom. The molecule has 2 aliphatic heterocycles. The van der Waals surface area contributed by atoms with Gasteiger partial charge in [-0.05, 0) is 0 Å². The molecule has 2 heterocycles. The van der Waals surface area contributed by atoms with Gasteiger partial charge in [-0.2, -0.15) is 4.99 Å². The summed E-state index contributed by atoms with van der Waals surface area (Å²) in [5.41, 5.74) is 5.34. The number of amidine groups is 1. The second-order valence-corrected chi connectivity index (χ2v) is 3.55. The van der Waals surface area contributed by atoms with Gasteiger partial charge in [-0.3, -0.25) is 4.90 Å². The van der Waals surface area contributed by atoms with Crippen molar-refractivity contribution in [2.75, 3.05) is 6.61 Å². The number of nitrogens with zero attached hydrogens (tertiary/aromatic N) is 3. The van der Waals surface area contributed by atoms with Gasteiger partial charge in [0.2, 0.25) is 5.96 Å². The van der Waals surface area contributed by atoms with Gasteiger partial charge in [0.05, 0.1) is 7.98 Å². The average Bonchev–Trinajstić information content (AvgIpc) is 2.51. The summed E-state index contributed by atoms with van der Waals surface area (Å²) >= 11 is 0. The fourth-order valence-corrected chi connectivity index (χ4v) is 1.54. The fraction of sp³-hybridized carbons (Fsp3) is 0.556. The molecule has 17 heavy (non-hydrogen) atoms. The molecule has 94 valence electrons. The first kappa shape index (κ1) is 9.54. The summed E-state index contributed by atoms with van der Waals surface area (Å²) in [6, 6.07) is 0. The van der Waals surface area contributed by atoms with Gasteiger partial charge in [0.25, 0.3) is 0 Å². The SMILES string of the molecule is [2H]C1=NC(N)=NC(=C)N1[C@@H]1O[C@H](CO)C(O)C1([2H])O. The molecule has 0 spiro atoms. The van der Waals surface area contributed by atoms with Gasteiger partial charge in [0.1, 0.15) is 31.8 Å². The minimum atomic E-state index is -2.47. The van der Waals surface area contributed by atoms with E-state index < -0.39 is 37.4 Å². The number of hydrogen-bond donors (Lipinski definition) is 4. The maximum Gasteiger partial charge on any atom is 0.223 e. The molecule has 8 heteroatoms. The van der Waals surface area contributed by atoms with Crippen molar-refractivity contribution < 1.29 is 22.8 Å². The van der Waals surface area contributed by atoms with Gasteiger partial charge < -0.3 is 25.8 Å². The zero-order chi connectivity index (χ0) is 14.4. The summed E-state index contributed by atoms with van der Waals surface area (Å²) in [4.78, 5) is 8.18. The van der Waals surface area contributed by atoms with Gasteiger partial charge in [0, 0.05) is 0 Å². The van der Waals surface area contributed by atoms with Crippen molar-refractivity contribution in [3.63, 3.8) is 0 Å². The summed E-state index contributed by atoms with van der Waals surface area (Å²) < 4.78 is 20.5. The van der Waals surface area contributed by atoms with E-state index in [9.17, 15) is 10.2 Å². The van der Waals surface area contributed by atoms with E-state index in [2.05, 4.69) is 16.6 Å². The zero-order valence-electron chi connectivity index (χ0n) is 10.8. The Morgan fingerprint density at radius 1 is 1.71 bits per heavy atom. The van der Waals surface area contributed by atoms with Crippen molar-refractivity contribution in [1.82, 2.24) is 4.90 Å². The largest absolute Gasteiger partial charge is 0.394 e.